The van der Waals surface area contributed by atoms with Crippen molar-refractivity contribution in [2.24, 2.45) is 0 Å². The van der Waals surface area contributed by atoms with Crippen LogP contribution >= 0.6 is 11.6 Å². The van der Waals surface area contributed by atoms with Crippen molar-refractivity contribution in [3.05, 3.63) is 40.4 Å². The Morgan fingerprint density at radius 3 is 2.71 bits per heavy atom. The molecule has 0 saturated heterocycles. The fourth-order valence-corrected chi connectivity index (χ4v) is 2.25. The lowest BCUT2D eigenvalue weighted by molar-refractivity contribution is -0.150. The van der Waals surface area contributed by atoms with Gasteiger partial charge in [0.1, 0.15) is 22.8 Å². The number of hydrogen-bond acceptors (Lipinski definition) is 6. The number of hydrogen-bond donors (Lipinski definition) is 0. The summed E-state index contributed by atoms with van der Waals surface area (Å²) in [4.78, 5) is 23.7. The molecular weight excluding hydrogens is 341 g/mol. The number of nitrogens with zero attached hydrogens (tertiary/aromatic N) is 1. The minimum absolute atomic E-state index is 0.0663. The molecular formula is C16H15ClFNO5. The summed E-state index contributed by atoms with van der Waals surface area (Å²) in [5, 5.41) is 3.75. The van der Waals surface area contributed by atoms with Gasteiger partial charge in [-0.1, -0.05) is 22.8 Å². The van der Waals surface area contributed by atoms with Gasteiger partial charge in [-0.25, -0.2) is 14.0 Å². The minimum atomic E-state index is -0.885. The quantitative estimate of drug-likeness (QED) is 0.763. The first kappa shape index (κ1) is 17.9. The molecule has 8 heteroatoms. The standard InChI is InChI=1S/C16H15ClFNO5/c1-8(2)23-12(20)7-22-16(21)13-9(3)24-19-15(13)14-10(17)5-4-6-11(14)18/h4-6,8H,7H2,1-3H3. The number of aryl methyl sites for hydroxylation is 1. The Hall–Kier alpha value is -2.41. The third-order valence-corrected chi connectivity index (χ3v) is 3.27. The van der Waals surface area contributed by atoms with Crippen molar-refractivity contribution < 1.29 is 28.0 Å². The molecule has 6 nitrogen and oxygen atoms in total. The van der Waals surface area contributed by atoms with E-state index >= 15 is 0 Å². The van der Waals surface area contributed by atoms with E-state index in [-0.39, 0.29) is 33.7 Å². The molecule has 0 atom stereocenters. The van der Waals surface area contributed by atoms with Gasteiger partial charge < -0.3 is 14.0 Å². The number of carbonyl (C=O) groups excluding carboxylic acids is 2. The molecule has 1 heterocycles. The fourth-order valence-electron chi connectivity index (χ4n) is 2.00. The van der Waals surface area contributed by atoms with E-state index in [9.17, 15) is 14.0 Å². The molecule has 0 amide bonds. The molecule has 0 fully saturated rings. The van der Waals surface area contributed by atoms with Gasteiger partial charge in [0.05, 0.1) is 16.7 Å². The van der Waals surface area contributed by atoms with Crippen LogP contribution in [0, 0.1) is 12.7 Å². The maximum atomic E-state index is 14.1. The smallest absolute Gasteiger partial charge is 0.344 e. The summed E-state index contributed by atoms with van der Waals surface area (Å²) >= 11 is 5.99. The molecule has 0 aliphatic heterocycles. The zero-order chi connectivity index (χ0) is 17.9. The predicted octanol–water partition coefficient (Wildman–Crippen LogP) is 3.55. The van der Waals surface area contributed by atoms with Crippen molar-refractivity contribution >= 4 is 23.5 Å². The summed E-state index contributed by atoms with van der Waals surface area (Å²) < 4.78 is 28.8. The Balaban J connectivity index is 2.27. The Kier molecular flexibility index (Phi) is 5.56. The van der Waals surface area contributed by atoms with Crippen molar-refractivity contribution in [3.63, 3.8) is 0 Å². The van der Waals surface area contributed by atoms with Crippen LogP contribution in [-0.4, -0.2) is 29.8 Å². The number of ether oxygens (including phenoxy) is 2. The first-order valence-corrected chi connectivity index (χ1v) is 7.46. The summed E-state index contributed by atoms with van der Waals surface area (Å²) in [7, 11) is 0. The van der Waals surface area contributed by atoms with Gasteiger partial charge in [-0.15, -0.1) is 0 Å². The topological polar surface area (TPSA) is 78.6 Å². The normalized spacial score (nSPS) is 10.8. The highest BCUT2D eigenvalue weighted by Crippen LogP contribution is 2.33. The molecule has 0 spiro atoms. The van der Waals surface area contributed by atoms with E-state index in [4.69, 9.17) is 25.6 Å². The predicted molar refractivity (Wildman–Crippen MR) is 83.2 cm³/mol. The summed E-state index contributed by atoms with van der Waals surface area (Å²) in [5.41, 5.74) is -0.259. The Bertz CT molecular complexity index is 752. The van der Waals surface area contributed by atoms with E-state index in [1.165, 1.54) is 25.1 Å². The minimum Gasteiger partial charge on any atom is -0.460 e. The van der Waals surface area contributed by atoms with E-state index in [0.29, 0.717) is 0 Å². The van der Waals surface area contributed by atoms with Crippen molar-refractivity contribution in [1.82, 2.24) is 5.16 Å². The lowest BCUT2D eigenvalue weighted by atomic mass is 10.1. The van der Waals surface area contributed by atoms with Crippen LogP contribution in [-0.2, 0) is 14.3 Å². The van der Waals surface area contributed by atoms with Gasteiger partial charge >= 0.3 is 11.9 Å². The number of esters is 2. The van der Waals surface area contributed by atoms with E-state index in [2.05, 4.69) is 5.16 Å². The van der Waals surface area contributed by atoms with Crippen LogP contribution in [0.15, 0.2) is 22.7 Å². The second kappa shape index (κ2) is 7.44. The zero-order valence-corrected chi connectivity index (χ0v) is 14.0. The SMILES string of the molecule is Cc1onc(-c2c(F)cccc2Cl)c1C(=O)OCC(=O)OC(C)C. The second-order valence-electron chi connectivity index (χ2n) is 5.17. The molecule has 0 radical (unpaired) electrons. The Morgan fingerprint density at radius 2 is 2.08 bits per heavy atom. The second-order valence-corrected chi connectivity index (χ2v) is 5.58. The number of halogens is 2. The lowest BCUT2D eigenvalue weighted by Crippen LogP contribution is -2.20. The molecule has 2 aromatic rings. The summed E-state index contributed by atoms with van der Waals surface area (Å²) in [5.74, 6) is -2.13. The maximum Gasteiger partial charge on any atom is 0.344 e. The van der Waals surface area contributed by atoms with E-state index in [0.717, 1.165) is 0 Å². The van der Waals surface area contributed by atoms with Crippen LogP contribution in [0.1, 0.15) is 30.0 Å². The highest BCUT2D eigenvalue weighted by atomic mass is 35.5. The van der Waals surface area contributed by atoms with Crippen LogP contribution in [0.25, 0.3) is 11.3 Å². The van der Waals surface area contributed by atoms with Crippen LogP contribution in [0.2, 0.25) is 5.02 Å². The Labute approximate surface area is 142 Å². The number of rotatable bonds is 5. The molecule has 128 valence electrons. The van der Waals surface area contributed by atoms with Gasteiger partial charge in [-0.05, 0) is 32.9 Å². The van der Waals surface area contributed by atoms with Crippen LogP contribution in [0.5, 0.6) is 0 Å². The molecule has 1 aromatic carbocycles. The molecule has 0 bridgehead atoms. The molecule has 24 heavy (non-hydrogen) atoms. The van der Waals surface area contributed by atoms with Crippen molar-refractivity contribution in [1.29, 1.82) is 0 Å². The molecule has 0 aliphatic carbocycles. The molecule has 0 aliphatic rings. The summed E-state index contributed by atoms with van der Waals surface area (Å²) in [6.07, 6.45) is -0.332. The zero-order valence-electron chi connectivity index (χ0n) is 13.3. The van der Waals surface area contributed by atoms with E-state index in [1.54, 1.807) is 13.8 Å². The van der Waals surface area contributed by atoms with Gasteiger partial charge in [0.2, 0.25) is 0 Å². The molecule has 2 rings (SSSR count). The molecule has 0 saturated carbocycles. The lowest BCUT2D eigenvalue weighted by Gasteiger charge is -2.09. The van der Waals surface area contributed by atoms with E-state index < -0.39 is 24.4 Å². The number of aromatic nitrogens is 1. The molecule has 1 aromatic heterocycles. The first-order chi connectivity index (χ1) is 11.3. The maximum absolute atomic E-state index is 14.1. The van der Waals surface area contributed by atoms with Crippen LogP contribution in [0.4, 0.5) is 4.39 Å². The summed E-state index contributed by atoms with van der Waals surface area (Å²) in [6, 6.07) is 4.06. The first-order valence-electron chi connectivity index (χ1n) is 7.08. The monoisotopic (exact) mass is 355 g/mol. The molecule has 0 unspecified atom stereocenters. The average Bonchev–Trinajstić information content (AvgIpc) is 2.85. The van der Waals surface area contributed by atoms with E-state index in [1.807, 2.05) is 0 Å². The van der Waals surface area contributed by atoms with Gasteiger partial charge in [-0.3, -0.25) is 0 Å². The van der Waals surface area contributed by atoms with Crippen molar-refractivity contribution in [2.75, 3.05) is 6.61 Å². The average molecular weight is 356 g/mol. The highest BCUT2D eigenvalue weighted by molar-refractivity contribution is 6.33. The largest absolute Gasteiger partial charge is 0.460 e. The molecule has 0 N–H and O–H groups in total. The van der Waals surface area contributed by atoms with Gasteiger partial charge in [0.25, 0.3) is 0 Å². The fraction of sp³-hybridized carbons (Fsp3) is 0.312. The number of carbonyl (C=O) groups is 2. The van der Waals surface area contributed by atoms with Crippen LogP contribution in [0.3, 0.4) is 0 Å². The third-order valence-electron chi connectivity index (χ3n) is 2.95. The highest BCUT2D eigenvalue weighted by Gasteiger charge is 2.27. The summed E-state index contributed by atoms with van der Waals surface area (Å²) in [6.45, 7) is 4.23. The van der Waals surface area contributed by atoms with Crippen molar-refractivity contribution in [3.8, 4) is 11.3 Å². The van der Waals surface area contributed by atoms with Gasteiger partial charge in [-0.2, -0.15) is 0 Å². The third kappa shape index (κ3) is 3.91. The van der Waals surface area contributed by atoms with Crippen LogP contribution < -0.4 is 0 Å². The number of benzene rings is 1. The Morgan fingerprint density at radius 1 is 1.38 bits per heavy atom. The van der Waals surface area contributed by atoms with Crippen molar-refractivity contribution in [2.45, 2.75) is 26.9 Å². The van der Waals surface area contributed by atoms with Gasteiger partial charge in [0.15, 0.2) is 6.61 Å². The van der Waals surface area contributed by atoms with Gasteiger partial charge in [0, 0.05) is 0 Å².